The van der Waals surface area contributed by atoms with Crippen LogP contribution in [-0.2, 0) is 10.0 Å². The number of nitrogens with zero attached hydrogens (tertiary/aromatic N) is 1. The van der Waals surface area contributed by atoms with E-state index in [0.29, 0.717) is 5.56 Å². The van der Waals surface area contributed by atoms with Crippen LogP contribution in [0.15, 0.2) is 17.0 Å². The van der Waals surface area contributed by atoms with Crippen molar-refractivity contribution < 1.29 is 32.2 Å². The first-order valence-corrected chi connectivity index (χ1v) is 8.43. The standard InChI is InChI=1S/C14H17F2NO5S/c1-9-7-10(13(19)20)12(18)11(8-9)23(21,22)17-5-2-3-14(15,16)4-6-17/h7-8,18H,2-6H2,1H3,(H,19,20). The fraction of sp³-hybridized carbons (Fsp3) is 0.500. The molecule has 1 saturated heterocycles. The summed E-state index contributed by atoms with van der Waals surface area (Å²) in [5.41, 5.74) is -0.206. The van der Waals surface area contributed by atoms with E-state index in [9.17, 15) is 27.1 Å². The molecule has 0 radical (unpaired) electrons. The SMILES string of the molecule is Cc1cc(C(=O)O)c(O)c(S(=O)(=O)N2CCCC(F)(F)CC2)c1. The molecular weight excluding hydrogens is 332 g/mol. The fourth-order valence-electron chi connectivity index (χ4n) is 2.52. The Morgan fingerprint density at radius 3 is 2.52 bits per heavy atom. The maximum atomic E-state index is 13.4. The number of aromatic carboxylic acids is 1. The highest BCUT2D eigenvalue weighted by atomic mass is 32.2. The van der Waals surface area contributed by atoms with Crippen LogP contribution in [0.1, 0.15) is 35.2 Å². The van der Waals surface area contributed by atoms with Gasteiger partial charge in [-0.15, -0.1) is 0 Å². The summed E-state index contributed by atoms with van der Waals surface area (Å²) >= 11 is 0. The number of sulfonamides is 1. The third kappa shape index (κ3) is 3.61. The molecule has 0 amide bonds. The van der Waals surface area contributed by atoms with Gasteiger partial charge in [0.15, 0.2) is 0 Å². The van der Waals surface area contributed by atoms with Gasteiger partial charge in [0.2, 0.25) is 15.9 Å². The van der Waals surface area contributed by atoms with Crippen LogP contribution in [0, 0.1) is 6.92 Å². The van der Waals surface area contributed by atoms with Crippen LogP contribution in [-0.4, -0.2) is 47.9 Å². The van der Waals surface area contributed by atoms with Crippen molar-refractivity contribution in [3.8, 4) is 5.75 Å². The Hall–Kier alpha value is -1.74. The summed E-state index contributed by atoms with van der Waals surface area (Å²) < 4.78 is 52.9. The van der Waals surface area contributed by atoms with Crippen molar-refractivity contribution in [3.63, 3.8) is 0 Å². The van der Waals surface area contributed by atoms with E-state index in [4.69, 9.17) is 5.11 Å². The Morgan fingerprint density at radius 1 is 1.26 bits per heavy atom. The maximum Gasteiger partial charge on any atom is 0.339 e. The number of carboxylic acid groups (broad SMARTS) is 1. The summed E-state index contributed by atoms with van der Waals surface area (Å²) in [6.07, 6.45) is -1.02. The van der Waals surface area contributed by atoms with Crippen molar-refractivity contribution in [2.75, 3.05) is 13.1 Å². The first-order valence-electron chi connectivity index (χ1n) is 6.99. The van der Waals surface area contributed by atoms with E-state index < -0.39 is 51.0 Å². The van der Waals surface area contributed by atoms with Gasteiger partial charge in [-0.1, -0.05) is 0 Å². The Bertz CT molecular complexity index is 733. The quantitative estimate of drug-likeness (QED) is 0.872. The van der Waals surface area contributed by atoms with Crippen LogP contribution in [0.25, 0.3) is 0 Å². The summed E-state index contributed by atoms with van der Waals surface area (Å²) in [6.45, 7) is 1.00. The topological polar surface area (TPSA) is 94.9 Å². The van der Waals surface area contributed by atoms with Gasteiger partial charge in [0.1, 0.15) is 16.2 Å². The molecule has 0 atom stereocenters. The molecule has 1 fully saturated rings. The molecule has 0 aliphatic carbocycles. The van der Waals surface area contributed by atoms with Crippen LogP contribution in [0.5, 0.6) is 5.75 Å². The second-order valence-electron chi connectivity index (χ2n) is 5.58. The first kappa shape index (κ1) is 17.6. The highest BCUT2D eigenvalue weighted by Crippen LogP contribution is 2.34. The van der Waals surface area contributed by atoms with Crippen molar-refractivity contribution >= 4 is 16.0 Å². The minimum Gasteiger partial charge on any atom is -0.506 e. The van der Waals surface area contributed by atoms with Gasteiger partial charge in [-0.2, -0.15) is 4.31 Å². The van der Waals surface area contributed by atoms with Gasteiger partial charge >= 0.3 is 5.97 Å². The van der Waals surface area contributed by atoms with Crippen molar-refractivity contribution in [2.45, 2.75) is 37.0 Å². The van der Waals surface area contributed by atoms with E-state index >= 15 is 0 Å². The molecule has 1 aliphatic heterocycles. The van der Waals surface area contributed by atoms with Crippen LogP contribution in [0.3, 0.4) is 0 Å². The molecule has 1 aromatic rings. The van der Waals surface area contributed by atoms with E-state index in [1.54, 1.807) is 0 Å². The molecule has 0 saturated carbocycles. The van der Waals surface area contributed by atoms with Gasteiger partial charge in [0.05, 0.1) is 0 Å². The highest BCUT2D eigenvalue weighted by molar-refractivity contribution is 7.89. The zero-order valence-corrected chi connectivity index (χ0v) is 13.2. The Kier molecular flexibility index (Phi) is 4.63. The smallest absolute Gasteiger partial charge is 0.339 e. The Balaban J connectivity index is 2.46. The molecule has 1 aromatic carbocycles. The number of halogens is 2. The molecule has 0 aromatic heterocycles. The maximum absolute atomic E-state index is 13.4. The molecule has 6 nitrogen and oxygen atoms in total. The third-order valence-electron chi connectivity index (χ3n) is 3.74. The second-order valence-corrected chi connectivity index (χ2v) is 7.48. The number of hydrogen-bond donors (Lipinski definition) is 2. The summed E-state index contributed by atoms with van der Waals surface area (Å²) in [4.78, 5) is 10.5. The van der Waals surface area contributed by atoms with Crippen molar-refractivity contribution in [2.24, 2.45) is 0 Å². The number of carboxylic acids is 1. The number of phenols is 1. The molecule has 1 aliphatic rings. The van der Waals surface area contributed by atoms with Gasteiger partial charge in [-0.05, 0) is 31.0 Å². The Morgan fingerprint density at radius 2 is 1.91 bits per heavy atom. The molecular formula is C14H17F2NO5S. The van der Waals surface area contributed by atoms with E-state index in [0.717, 1.165) is 16.4 Å². The number of benzene rings is 1. The van der Waals surface area contributed by atoms with E-state index in [2.05, 4.69) is 0 Å². The van der Waals surface area contributed by atoms with Gasteiger partial charge in [-0.3, -0.25) is 0 Å². The fourth-order valence-corrected chi connectivity index (χ4v) is 4.19. The van der Waals surface area contributed by atoms with Crippen molar-refractivity contribution in [1.82, 2.24) is 4.31 Å². The lowest BCUT2D eigenvalue weighted by molar-refractivity contribution is -0.0116. The Labute approximate surface area is 132 Å². The molecule has 0 bridgehead atoms. The molecule has 0 unspecified atom stereocenters. The molecule has 9 heteroatoms. The lowest BCUT2D eigenvalue weighted by Crippen LogP contribution is -2.33. The highest BCUT2D eigenvalue weighted by Gasteiger charge is 2.37. The summed E-state index contributed by atoms with van der Waals surface area (Å²) in [5.74, 6) is -5.27. The van der Waals surface area contributed by atoms with Crippen LogP contribution in [0.2, 0.25) is 0 Å². The summed E-state index contributed by atoms with van der Waals surface area (Å²) in [5, 5.41) is 19.0. The predicted octanol–water partition coefficient (Wildman–Crippen LogP) is 2.21. The lowest BCUT2D eigenvalue weighted by atomic mass is 10.1. The largest absolute Gasteiger partial charge is 0.506 e. The van der Waals surface area contributed by atoms with Crippen molar-refractivity contribution in [3.05, 3.63) is 23.3 Å². The molecule has 23 heavy (non-hydrogen) atoms. The number of carbonyl (C=O) groups is 1. The summed E-state index contributed by atoms with van der Waals surface area (Å²) in [6, 6.07) is 2.29. The normalized spacial score (nSPS) is 19.3. The third-order valence-corrected chi connectivity index (χ3v) is 5.66. The van der Waals surface area contributed by atoms with Gasteiger partial charge in [0, 0.05) is 25.9 Å². The lowest BCUT2D eigenvalue weighted by Gasteiger charge is -2.21. The van der Waals surface area contributed by atoms with E-state index in [1.165, 1.54) is 6.92 Å². The molecule has 0 spiro atoms. The number of aromatic hydroxyl groups is 1. The number of alkyl halides is 2. The average molecular weight is 349 g/mol. The first-order chi connectivity index (χ1) is 10.5. The van der Waals surface area contributed by atoms with Crippen LogP contribution < -0.4 is 0 Å². The molecule has 128 valence electrons. The van der Waals surface area contributed by atoms with Gasteiger partial charge in [-0.25, -0.2) is 22.0 Å². The monoisotopic (exact) mass is 349 g/mol. The van der Waals surface area contributed by atoms with Crippen molar-refractivity contribution in [1.29, 1.82) is 0 Å². The molecule has 2 N–H and O–H groups in total. The van der Waals surface area contributed by atoms with Gasteiger partial charge < -0.3 is 10.2 Å². The average Bonchev–Trinajstić information content (AvgIpc) is 2.61. The van der Waals surface area contributed by atoms with Crippen LogP contribution in [0.4, 0.5) is 8.78 Å². The van der Waals surface area contributed by atoms with E-state index in [1.807, 2.05) is 0 Å². The van der Waals surface area contributed by atoms with Gasteiger partial charge in [0.25, 0.3) is 0 Å². The zero-order chi connectivity index (χ0) is 17.4. The summed E-state index contributed by atoms with van der Waals surface area (Å²) in [7, 11) is -4.26. The number of aryl methyl sites for hydroxylation is 1. The minimum absolute atomic E-state index is 0.00933. The van der Waals surface area contributed by atoms with E-state index in [-0.39, 0.29) is 19.5 Å². The number of hydrogen-bond acceptors (Lipinski definition) is 4. The molecule has 1 heterocycles. The zero-order valence-electron chi connectivity index (χ0n) is 12.4. The number of rotatable bonds is 3. The minimum atomic E-state index is -4.26. The van der Waals surface area contributed by atoms with Crippen LogP contribution >= 0.6 is 0 Å². The second kappa shape index (κ2) is 6.04. The predicted molar refractivity (Wildman–Crippen MR) is 77.4 cm³/mol. The molecule has 2 rings (SSSR count).